The van der Waals surface area contributed by atoms with Crippen LogP contribution in [0.25, 0.3) is 0 Å². The molecule has 3 rings (SSSR count). The van der Waals surface area contributed by atoms with Gasteiger partial charge >= 0.3 is 0 Å². The molecule has 1 aliphatic heterocycles. The Morgan fingerprint density at radius 2 is 2.16 bits per heavy atom. The first kappa shape index (κ1) is 14.7. The predicted molar refractivity (Wildman–Crippen MR) is 81.6 cm³/mol. The maximum absolute atomic E-state index is 5.52. The monoisotopic (exact) mass is 281 g/mol. The quantitative estimate of drug-likeness (QED) is 0.839. The van der Waals surface area contributed by atoms with Crippen molar-refractivity contribution in [3.63, 3.8) is 0 Å². The van der Waals surface area contributed by atoms with Crippen molar-refractivity contribution in [3.05, 3.63) is 29.3 Å². The Balaban J connectivity index is 0.00000133. The van der Waals surface area contributed by atoms with E-state index < -0.39 is 0 Å². The molecule has 1 aromatic carbocycles. The van der Waals surface area contributed by atoms with E-state index in [0.29, 0.717) is 0 Å². The van der Waals surface area contributed by atoms with Gasteiger partial charge in [0.15, 0.2) is 0 Å². The van der Waals surface area contributed by atoms with E-state index in [1.807, 2.05) is 0 Å². The van der Waals surface area contributed by atoms with Crippen LogP contribution in [0.4, 0.5) is 0 Å². The summed E-state index contributed by atoms with van der Waals surface area (Å²) in [7, 11) is 1.79. The third-order valence-electron chi connectivity index (χ3n) is 4.65. The zero-order valence-corrected chi connectivity index (χ0v) is 12.7. The summed E-state index contributed by atoms with van der Waals surface area (Å²) in [5.74, 6) is 1.84. The van der Waals surface area contributed by atoms with Gasteiger partial charge in [0.2, 0.25) is 0 Å². The Labute approximate surface area is 122 Å². The molecule has 1 aliphatic carbocycles. The molecule has 0 unspecified atom stereocenters. The summed E-state index contributed by atoms with van der Waals surface area (Å²) in [5.41, 5.74) is 3.03. The van der Waals surface area contributed by atoms with Gasteiger partial charge in [0.25, 0.3) is 0 Å². The zero-order chi connectivity index (χ0) is 12.5. The maximum atomic E-state index is 5.52. The largest absolute Gasteiger partial charge is 0.496 e. The summed E-state index contributed by atoms with van der Waals surface area (Å²) < 4.78 is 5.52. The van der Waals surface area contributed by atoms with E-state index in [2.05, 4.69) is 30.0 Å². The fourth-order valence-electron chi connectivity index (χ4n) is 3.91. The van der Waals surface area contributed by atoms with E-state index >= 15 is 0 Å². The Bertz CT molecular complexity index is 435. The van der Waals surface area contributed by atoms with Gasteiger partial charge in [-0.25, -0.2) is 0 Å². The fraction of sp³-hybridized carbons (Fsp3) is 0.625. The molecule has 1 saturated heterocycles. The van der Waals surface area contributed by atoms with E-state index in [1.165, 1.54) is 44.3 Å². The average Bonchev–Trinajstić information content (AvgIpc) is 2.82. The third kappa shape index (κ3) is 2.48. The molecule has 0 aromatic heterocycles. The van der Waals surface area contributed by atoms with Crippen LogP contribution in [-0.4, -0.2) is 31.1 Å². The second-order valence-corrected chi connectivity index (χ2v) is 5.57. The number of ether oxygens (including phenoxy) is 1. The van der Waals surface area contributed by atoms with Crippen molar-refractivity contribution in [1.29, 1.82) is 0 Å². The molecule has 2 aliphatic rings. The first-order valence-corrected chi connectivity index (χ1v) is 7.25. The van der Waals surface area contributed by atoms with Gasteiger partial charge in [-0.3, -0.25) is 4.90 Å². The van der Waals surface area contributed by atoms with Crippen molar-refractivity contribution in [1.82, 2.24) is 4.90 Å². The summed E-state index contributed by atoms with van der Waals surface area (Å²) in [4.78, 5) is 2.70. The van der Waals surface area contributed by atoms with Crippen LogP contribution in [0.15, 0.2) is 18.2 Å². The molecular formula is C16H24ClNO. The van der Waals surface area contributed by atoms with Gasteiger partial charge in [-0.1, -0.05) is 19.1 Å². The highest BCUT2D eigenvalue weighted by Crippen LogP contribution is 2.43. The average molecular weight is 282 g/mol. The van der Waals surface area contributed by atoms with E-state index in [-0.39, 0.29) is 12.4 Å². The van der Waals surface area contributed by atoms with Crippen LogP contribution in [0, 0.1) is 0 Å². The van der Waals surface area contributed by atoms with Gasteiger partial charge < -0.3 is 4.74 Å². The second kappa shape index (κ2) is 6.15. The molecule has 0 spiro atoms. The number of benzene rings is 1. The van der Waals surface area contributed by atoms with Crippen LogP contribution in [0.2, 0.25) is 0 Å². The lowest BCUT2D eigenvalue weighted by atomic mass is 9.79. The standard InChI is InChI=1S/C16H23NO.ClH/c1-3-10-17-11-9-13-12-5-4-6-16(18-2)14(12)7-8-15(13)17;/h4-6,13,15H,3,7-11H2,1-2H3;1H/t13-,15+;/m0./s1. The van der Waals surface area contributed by atoms with E-state index in [9.17, 15) is 0 Å². The first-order valence-electron chi connectivity index (χ1n) is 7.25. The molecule has 0 saturated carbocycles. The molecule has 0 amide bonds. The molecule has 0 N–H and O–H groups in total. The van der Waals surface area contributed by atoms with Crippen molar-refractivity contribution < 1.29 is 4.74 Å². The van der Waals surface area contributed by atoms with E-state index in [4.69, 9.17) is 4.74 Å². The van der Waals surface area contributed by atoms with Crippen LogP contribution in [0.1, 0.15) is 43.2 Å². The fourth-order valence-corrected chi connectivity index (χ4v) is 3.91. The van der Waals surface area contributed by atoms with Crippen LogP contribution in [-0.2, 0) is 6.42 Å². The Morgan fingerprint density at radius 1 is 1.32 bits per heavy atom. The molecule has 3 heteroatoms. The minimum absolute atomic E-state index is 0. The van der Waals surface area contributed by atoms with E-state index in [0.717, 1.165) is 17.7 Å². The number of hydrogen-bond acceptors (Lipinski definition) is 2. The van der Waals surface area contributed by atoms with Crippen LogP contribution in [0.3, 0.4) is 0 Å². The second-order valence-electron chi connectivity index (χ2n) is 5.57. The van der Waals surface area contributed by atoms with Gasteiger partial charge in [-0.05, 0) is 56.0 Å². The van der Waals surface area contributed by atoms with Gasteiger partial charge in [0.1, 0.15) is 5.75 Å². The SMILES string of the molecule is CCCN1CC[C@H]2c3cccc(OC)c3CC[C@H]21.Cl. The molecule has 1 heterocycles. The number of methoxy groups -OCH3 is 1. The zero-order valence-electron chi connectivity index (χ0n) is 11.9. The smallest absolute Gasteiger partial charge is 0.122 e. The Morgan fingerprint density at radius 3 is 2.89 bits per heavy atom. The van der Waals surface area contributed by atoms with Crippen molar-refractivity contribution in [2.75, 3.05) is 20.2 Å². The minimum Gasteiger partial charge on any atom is -0.496 e. The van der Waals surface area contributed by atoms with Gasteiger partial charge in [-0.2, -0.15) is 0 Å². The van der Waals surface area contributed by atoms with Crippen LogP contribution < -0.4 is 4.74 Å². The Kier molecular flexibility index (Phi) is 4.75. The topological polar surface area (TPSA) is 12.5 Å². The number of halogens is 1. The van der Waals surface area contributed by atoms with E-state index in [1.54, 1.807) is 12.7 Å². The number of rotatable bonds is 3. The summed E-state index contributed by atoms with van der Waals surface area (Å²) >= 11 is 0. The number of fused-ring (bicyclic) bond motifs is 3. The van der Waals surface area contributed by atoms with Gasteiger partial charge in [0.05, 0.1) is 7.11 Å². The predicted octanol–water partition coefficient (Wildman–Crippen LogP) is 3.63. The lowest BCUT2D eigenvalue weighted by molar-refractivity contribution is 0.226. The minimum atomic E-state index is 0. The summed E-state index contributed by atoms with van der Waals surface area (Å²) in [5, 5.41) is 0. The molecule has 19 heavy (non-hydrogen) atoms. The van der Waals surface area contributed by atoms with Gasteiger partial charge in [0, 0.05) is 12.0 Å². The first-order chi connectivity index (χ1) is 8.85. The normalized spacial score (nSPS) is 25.4. The highest BCUT2D eigenvalue weighted by molar-refractivity contribution is 5.85. The number of hydrogen-bond donors (Lipinski definition) is 0. The van der Waals surface area contributed by atoms with Crippen molar-refractivity contribution in [2.45, 2.75) is 44.6 Å². The van der Waals surface area contributed by atoms with Crippen molar-refractivity contribution >= 4 is 12.4 Å². The van der Waals surface area contributed by atoms with Crippen molar-refractivity contribution in [2.24, 2.45) is 0 Å². The summed E-state index contributed by atoms with van der Waals surface area (Å²) in [6.45, 7) is 4.83. The summed E-state index contributed by atoms with van der Waals surface area (Å²) in [6.07, 6.45) is 5.08. The van der Waals surface area contributed by atoms with Gasteiger partial charge in [-0.15, -0.1) is 12.4 Å². The van der Waals surface area contributed by atoms with Crippen molar-refractivity contribution in [3.8, 4) is 5.75 Å². The molecule has 1 fully saturated rings. The van der Waals surface area contributed by atoms with Crippen LogP contribution in [0.5, 0.6) is 5.75 Å². The van der Waals surface area contributed by atoms with Crippen LogP contribution >= 0.6 is 12.4 Å². The lowest BCUT2D eigenvalue weighted by Gasteiger charge is -2.33. The maximum Gasteiger partial charge on any atom is 0.122 e. The molecule has 0 bridgehead atoms. The number of nitrogens with zero attached hydrogens (tertiary/aromatic N) is 1. The summed E-state index contributed by atoms with van der Waals surface area (Å²) in [6, 6.07) is 7.37. The molecule has 1 aromatic rings. The molecule has 106 valence electrons. The molecule has 0 radical (unpaired) electrons. The lowest BCUT2D eigenvalue weighted by Crippen LogP contribution is -2.35. The third-order valence-corrected chi connectivity index (χ3v) is 4.65. The Hall–Kier alpha value is -0.730. The highest BCUT2D eigenvalue weighted by Gasteiger charge is 2.38. The number of likely N-dealkylation sites (tertiary alicyclic amines) is 1. The molecule has 2 nitrogen and oxygen atoms in total. The molecular weight excluding hydrogens is 258 g/mol. The highest BCUT2D eigenvalue weighted by atomic mass is 35.5. The molecule has 2 atom stereocenters.